The minimum Gasteiger partial charge on any atom is -0.489 e. The maximum absolute atomic E-state index is 11.9. The number of hydrogen-bond donors (Lipinski definition) is 0. The van der Waals surface area contributed by atoms with Crippen LogP contribution in [0.15, 0.2) is 71.6 Å². The zero-order valence-electron chi connectivity index (χ0n) is 8.59. The third-order valence-corrected chi connectivity index (χ3v) is 2.80. The molecule has 0 radical (unpaired) electrons. The van der Waals surface area contributed by atoms with Gasteiger partial charge < -0.3 is 4.74 Å². The van der Waals surface area contributed by atoms with Gasteiger partial charge in [-0.15, -0.1) is 0 Å². The molecular weight excluding hydrogens is 200 g/mol. The number of hydrogen-bond acceptors (Lipinski definition) is 2. The quantitative estimate of drug-likeness (QED) is 0.613. The Morgan fingerprint density at radius 3 is 2.94 bits per heavy atom. The maximum atomic E-state index is 11.9. The topological polar surface area (TPSA) is 26.3 Å². The van der Waals surface area contributed by atoms with E-state index in [1.165, 1.54) is 0 Å². The molecule has 0 bridgehead atoms. The van der Waals surface area contributed by atoms with Gasteiger partial charge in [-0.05, 0) is 23.8 Å². The van der Waals surface area contributed by atoms with Gasteiger partial charge >= 0.3 is 0 Å². The highest BCUT2D eigenvalue weighted by Gasteiger charge is 2.25. The monoisotopic (exact) mass is 210 g/mol. The molecule has 2 heteroatoms. The number of ether oxygens (including phenoxy) is 1. The van der Waals surface area contributed by atoms with Gasteiger partial charge in [0.25, 0.3) is 0 Å². The molecule has 1 atom stereocenters. The first-order chi connectivity index (χ1) is 7.86. The summed E-state index contributed by atoms with van der Waals surface area (Å²) in [5.74, 6) is 0.0487. The van der Waals surface area contributed by atoms with Crippen molar-refractivity contribution in [1.82, 2.24) is 0 Å². The number of allylic oxidation sites excluding steroid dienone is 8. The summed E-state index contributed by atoms with van der Waals surface area (Å²) in [5.41, 5.74) is 2.61. The van der Waals surface area contributed by atoms with Crippen molar-refractivity contribution in [1.29, 1.82) is 0 Å². The Balaban J connectivity index is 2.23. The van der Waals surface area contributed by atoms with Gasteiger partial charge in [-0.1, -0.05) is 30.4 Å². The molecule has 2 nitrogen and oxygen atoms in total. The average molecular weight is 210 g/mol. The van der Waals surface area contributed by atoms with Gasteiger partial charge in [-0.25, -0.2) is 0 Å². The van der Waals surface area contributed by atoms with Crippen LogP contribution < -0.4 is 0 Å². The second kappa shape index (κ2) is 3.49. The molecule has 16 heavy (non-hydrogen) atoms. The fourth-order valence-corrected chi connectivity index (χ4v) is 2.06. The molecule has 3 rings (SSSR count). The second-order valence-electron chi connectivity index (χ2n) is 3.78. The smallest absolute Gasteiger partial charge is 0.186 e. The largest absolute Gasteiger partial charge is 0.489 e. The standard InChI is InChI=1S/C14H10O2/c15-12-6-3-4-10-8-9-16-13-7-2-1-5-11(13)14(10)12/h1-9,13H. The minimum absolute atomic E-state index is 0.0487. The number of rotatable bonds is 0. The van der Waals surface area contributed by atoms with Crippen LogP contribution in [0, 0.1) is 0 Å². The summed E-state index contributed by atoms with van der Waals surface area (Å²) < 4.78 is 5.55. The fourth-order valence-electron chi connectivity index (χ4n) is 2.06. The SMILES string of the molecule is O=C1C=CC=C2C=COC3C=CC=CC3=C12. The summed E-state index contributed by atoms with van der Waals surface area (Å²) in [5, 5.41) is 0. The van der Waals surface area contributed by atoms with Crippen LogP contribution in [0.4, 0.5) is 0 Å². The number of ketones is 1. The fraction of sp³-hybridized carbons (Fsp3) is 0.0714. The first-order valence-corrected chi connectivity index (χ1v) is 5.20. The molecule has 1 heterocycles. The van der Waals surface area contributed by atoms with E-state index in [1.54, 1.807) is 18.4 Å². The van der Waals surface area contributed by atoms with Gasteiger partial charge in [-0.2, -0.15) is 0 Å². The molecule has 0 saturated carbocycles. The van der Waals surface area contributed by atoms with Gasteiger partial charge in [0.15, 0.2) is 5.78 Å². The van der Waals surface area contributed by atoms with E-state index in [0.717, 1.165) is 16.7 Å². The van der Waals surface area contributed by atoms with Gasteiger partial charge in [0, 0.05) is 11.1 Å². The second-order valence-corrected chi connectivity index (χ2v) is 3.78. The molecule has 0 aromatic rings. The molecule has 78 valence electrons. The highest BCUT2D eigenvalue weighted by atomic mass is 16.5. The molecule has 1 aliphatic heterocycles. The maximum Gasteiger partial charge on any atom is 0.186 e. The highest BCUT2D eigenvalue weighted by molar-refractivity contribution is 6.10. The van der Waals surface area contributed by atoms with E-state index in [0.29, 0.717) is 0 Å². The first kappa shape index (κ1) is 9.16. The minimum atomic E-state index is -0.141. The van der Waals surface area contributed by atoms with Crippen LogP contribution in [-0.2, 0) is 9.53 Å². The van der Waals surface area contributed by atoms with Crippen LogP contribution in [0.5, 0.6) is 0 Å². The summed E-state index contributed by atoms with van der Waals surface area (Å²) in [6.45, 7) is 0. The van der Waals surface area contributed by atoms with E-state index in [4.69, 9.17) is 4.74 Å². The van der Waals surface area contributed by atoms with Crippen molar-refractivity contribution in [2.75, 3.05) is 0 Å². The van der Waals surface area contributed by atoms with E-state index in [9.17, 15) is 4.79 Å². The van der Waals surface area contributed by atoms with Gasteiger partial charge in [0.05, 0.1) is 6.26 Å². The Morgan fingerprint density at radius 2 is 2.00 bits per heavy atom. The Hall–Kier alpha value is -2.09. The lowest BCUT2D eigenvalue weighted by molar-refractivity contribution is -0.111. The van der Waals surface area contributed by atoms with Crippen LogP contribution in [0.25, 0.3) is 0 Å². The van der Waals surface area contributed by atoms with Gasteiger partial charge in [-0.3, -0.25) is 4.79 Å². The van der Waals surface area contributed by atoms with Crippen molar-refractivity contribution in [3.05, 3.63) is 71.6 Å². The molecule has 2 aliphatic carbocycles. The molecule has 0 aromatic heterocycles. The van der Waals surface area contributed by atoms with Crippen LogP contribution >= 0.6 is 0 Å². The molecule has 0 spiro atoms. The zero-order valence-corrected chi connectivity index (χ0v) is 8.59. The van der Waals surface area contributed by atoms with E-state index >= 15 is 0 Å². The van der Waals surface area contributed by atoms with Crippen LogP contribution in [0.3, 0.4) is 0 Å². The predicted molar refractivity (Wildman–Crippen MR) is 61.5 cm³/mol. The normalized spacial score (nSPS) is 25.9. The Bertz CT molecular complexity index is 525. The number of fused-ring (bicyclic) bond motifs is 2. The molecule has 3 aliphatic rings. The molecule has 1 unspecified atom stereocenters. The Labute approximate surface area is 93.6 Å². The lowest BCUT2D eigenvalue weighted by Gasteiger charge is -2.18. The van der Waals surface area contributed by atoms with Crippen LogP contribution in [0.2, 0.25) is 0 Å². The highest BCUT2D eigenvalue weighted by Crippen LogP contribution is 2.30. The predicted octanol–water partition coefficient (Wildman–Crippen LogP) is 2.39. The van der Waals surface area contributed by atoms with Gasteiger partial charge in [0.1, 0.15) is 6.10 Å². The summed E-state index contributed by atoms with van der Waals surface area (Å²) in [4.78, 5) is 11.9. The first-order valence-electron chi connectivity index (χ1n) is 5.20. The summed E-state index contributed by atoms with van der Waals surface area (Å²) in [7, 11) is 0. The lowest BCUT2D eigenvalue weighted by Crippen LogP contribution is -2.16. The molecule has 0 saturated heterocycles. The van der Waals surface area contributed by atoms with Crippen molar-refractivity contribution in [3.8, 4) is 0 Å². The van der Waals surface area contributed by atoms with E-state index in [-0.39, 0.29) is 11.9 Å². The van der Waals surface area contributed by atoms with Gasteiger partial charge in [0.2, 0.25) is 0 Å². The number of carbonyl (C=O) groups is 1. The van der Waals surface area contributed by atoms with Crippen LogP contribution in [0.1, 0.15) is 0 Å². The molecule has 0 fully saturated rings. The third kappa shape index (κ3) is 1.31. The van der Waals surface area contributed by atoms with Crippen molar-refractivity contribution in [2.24, 2.45) is 0 Å². The molecule has 0 N–H and O–H groups in total. The molecule has 0 amide bonds. The van der Waals surface area contributed by atoms with E-state index < -0.39 is 0 Å². The van der Waals surface area contributed by atoms with Crippen molar-refractivity contribution in [3.63, 3.8) is 0 Å². The van der Waals surface area contributed by atoms with E-state index in [2.05, 4.69) is 0 Å². The molecule has 0 aromatic carbocycles. The average Bonchev–Trinajstić information content (AvgIpc) is 2.49. The zero-order chi connectivity index (χ0) is 11.0. The number of carbonyl (C=O) groups excluding carboxylic acids is 1. The Kier molecular flexibility index (Phi) is 2.00. The van der Waals surface area contributed by atoms with Crippen molar-refractivity contribution in [2.45, 2.75) is 6.10 Å². The lowest BCUT2D eigenvalue weighted by atomic mass is 9.88. The van der Waals surface area contributed by atoms with Crippen molar-refractivity contribution >= 4 is 5.78 Å². The van der Waals surface area contributed by atoms with E-state index in [1.807, 2.05) is 36.5 Å². The van der Waals surface area contributed by atoms with Crippen molar-refractivity contribution < 1.29 is 9.53 Å². The summed E-state index contributed by atoms with van der Waals surface area (Å²) in [6, 6.07) is 0. The summed E-state index contributed by atoms with van der Waals surface area (Å²) >= 11 is 0. The summed E-state index contributed by atoms with van der Waals surface area (Å²) in [6.07, 6.45) is 16.4. The van der Waals surface area contributed by atoms with Crippen LogP contribution in [-0.4, -0.2) is 11.9 Å². The Morgan fingerprint density at radius 1 is 1.06 bits per heavy atom. The third-order valence-electron chi connectivity index (χ3n) is 2.80. The molecular formula is C14H10O2.